The SMILES string of the molecule is Cc1cc(NC(C)(C)C)ncc1-c1sc(C(=O)N[C@H]2CC[C@@H](O)C2)nc1C(=O)N1CCC[C@@H]1C. The Balaban J connectivity index is 1.68. The monoisotopic (exact) mass is 485 g/mol. The van der Waals surface area contributed by atoms with Gasteiger partial charge in [-0.2, -0.15) is 0 Å². The molecule has 2 aromatic rings. The molecule has 34 heavy (non-hydrogen) atoms. The van der Waals surface area contributed by atoms with Gasteiger partial charge in [0, 0.05) is 35.9 Å². The van der Waals surface area contributed by atoms with Gasteiger partial charge in [-0.15, -0.1) is 11.3 Å². The van der Waals surface area contributed by atoms with Crippen LogP contribution in [-0.2, 0) is 0 Å². The molecular weight excluding hydrogens is 450 g/mol. The summed E-state index contributed by atoms with van der Waals surface area (Å²) in [5.74, 6) is 0.329. The van der Waals surface area contributed by atoms with Crippen LogP contribution in [0.4, 0.5) is 5.82 Å². The molecule has 4 rings (SSSR count). The molecule has 2 amide bonds. The largest absolute Gasteiger partial charge is 0.393 e. The fraction of sp³-hybridized carbons (Fsp3) is 0.600. The number of nitrogens with one attached hydrogen (secondary N) is 2. The van der Waals surface area contributed by atoms with Crippen LogP contribution in [0.5, 0.6) is 0 Å². The van der Waals surface area contributed by atoms with E-state index in [1.165, 1.54) is 11.3 Å². The minimum Gasteiger partial charge on any atom is -0.393 e. The molecule has 2 aromatic heterocycles. The third-order valence-corrected chi connectivity index (χ3v) is 7.52. The van der Waals surface area contributed by atoms with E-state index in [0.29, 0.717) is 30.0 Å². The molecule has 9 heteroatoms. The lowest BCUT2D eigenvalue weighted by molar-refractivity contribution is 0.0743. The maximum Gasteiger partial charge on any atom is 0.280 e. The van der Waals surface area contributed by atoms with Gasteiger partial charge < -0.3 is 20.6 Å². The number of thiazole rings is 1. The van der Waals surface area contributed by atoms with Crippen LogP contribution in [0.1, 0.15) is 85.7 Å². The van der Waals surface area contributed by atoms with Crippen molar-refractivity contribution < 1.29 is 14.7 Å². The Labute approximate surface area is 205 Å². The number of likely N-dealkylation sites (tertiary alicyclic amines) is 1. The summed E-state index contributed by atoms with van der Waals surface area (Å²) in [4.78, 5) is 38.2. The number of anilines is 1. The number of aryl methyl sites for hydroxylation is 1. The number of nitrogens with zero attached hydrogens (tertiary/aromatic N) is 3. The summed E-state index contributed by atoms with van der Waals surface area (Å²) in [6.07, 6.45) is 5.30. The number of hydrogen-bond donors (Lipinski definition) is 3. The van der Waals surface area contributed by atoms with Gasteiger partial charge in [-0.25, -0.2) is 9.97 Å². The summed E-state index contributed by atoms with van der Waals surface area (Å²) in [7, 11) is 0. The predicted octanol–water partition coefficient (Wildman–Crippen LogP) is 3.99. The second kappa shape index (κ2) is 9.62. The van der Waals surface area contributed by atoms with Crippen molar-refractivity contribution in [3.05, 3.63) is 28.5 Å². The Kier molecular flexibility index (Phi) is 6.96. The predicted molar refractivity (Wildman–Crippen MR) is 134 cm³/mol. The zero-order valence-corrected chi connectivity index (χ0v) is 21.5. The van der Waals surface area contributed by atoms with Crippen LogP contribution in [0, 0.1) is 6.92 Å². The Morgan fingerprint density at radius 2 is 2.00 bits per heavy atom. The normalized spacial score (nSPS) is 22.8. The smallest absolute Gasteiger partial charge is 0.280 e. The van der Waals surface area contributed by atoms with Crippen molar-refractivity contribution in [2.75, 3.05) is 11.9 Å². The van der Waals surface area contributed by atoms with Crippen LogP contribution in [0.25, 0.3) is 10.4 Å². The van der Waals surface area contributed by atoms with Crippen LogP contribution in [0.2, 0.25) is 0 Å². The summed E-state index contributed by atoms with van der Waals surface area (Å²) in [5.41, 5.74) is 1.96. The van der Waals surface area contributed by atoms with E-state index in [1.54, 1.807) is 6.20 Å². The highest BCUT2D eigenvalue weighted by Crippen LogP contribution is 2.35. The average molecular weight is 486 g/mol. The van der Waals surface area contributed by atoms with Gasteiger partial charge in [-0.05, 0) is 78.4 Å². The van der Waals surface area contributed by atoms with Crippen LogP contribution in [0.3, 0.4) is 0 Å². The second-order valence-electron chi connectivity index (χ2n) is 10.6. The molecular formula is C25H35N5O3S. The average Bonchev–Trinajstić information content (AvgIpc) is 3.46. The Bertz CT molecular complexity index is 1080. The summed E-state index contributed by atoms with van der Waals surface area (Å²) in [6.45, 7) is 11.0. The van der Waals surface area contributed by atoms with Crippen LogP contribution >= 0.6 is 11.3 Å². The molecule has 1 saturated heterocycles. The molecule has 184 valence electrons. The zero-order valence-electron chi connectivity index (χ0n) is 20.6. The molecule has 1 saturated carbocycles. The lowest BCUT2D eigenvalue weighted by atomic mass is 10.1. The molecule has 1 aliphatic carbocycles. The number of pyridine rings is 1. The van der Waals surface area contributed by atoms with Gasteiger partial charge >= 0.3 is 0 Å². The molecule has 0 unspecified atom stereocenters. The number of aromatic nitrogens is 2. The van der Waals surface area contributed by atoms with Crippen LogP contribution < -0.4 is 10.6 Å². The zero-order chi connectivity index (χ0) is 24.6. The number of carbonyl (C=O) groups excluding carboxylic acids is 2. The van der Waals surface area contributed by atoms with E-state index in [0.717, 1.165) is 36.2 Å². The number of amides is 2. The number of aliphatic hydroxyl groups excluding tert-OH is 1. The summed E-state index contributed by atoms with van der Waals surface area (Å²) in [5, 5.41) is 16.4. The number of rotatable bonds is 5. The van der Waals surface area contributed by atoms with Gasteiger partial charge in [0.25, 0.3) is 11.8 Å². The summed E-state index contributed by atoms with van der Waals surface area (Å²) < 4.78 is 0. The van der Waals surface area contributed by atoms with E-state index in [-0.39, 0.29) is 40.5 Å². The molecule has 0 aromatic carbocycles. The first-order chi connectivity index (χ1) is 16.0. The van der Waals surface area contributed by atoms with Crippen LogP contribution in [-0.4, -0.2) is 62.1 Å². The molecule has 2 fully saturated rings. The molecule has 3 N–H and O–H groups in total. The highest BCUT2D eigenvalue weighted by Gasteiger charge is 2.33. The second-order valence-corrected chi connectivity index (χ2v) is 11.6. The van der Waals surface area contributed by atoms with Crippen LogP contribution in [0.15, 0.2) is 12.3 Å². The van der Waals surface area contributed by atoms with Crippen molar-refractivity contribution in [2.45, 2.75) is 90.4 Å². The number of hydrogen-bond acceptors (Lipinski definition) is 7. The van der Waals surface area contributed by atoms with E-state index >= 15 is 0 Å². The number of carbonyl (C=O) groups is 2. The van der Waals surface area contributed by atoms with Crippen molar-refractivity contribution in [1.82, 2.24) is 20.2 Å². The topological polar surface area (TPSA) is 107 Å². The quantitative estimate of drug-likeness (QED) is 0.591. The Morgan fingerprint density at radius 1 is 1.24 bits per heavy atom. The molecule has 3 atom stereocenters. The first-order valence-electron chi connectivity index (χ1n) is 12.1. The fourth-order valence-corrected chi connectivity index (χ4v) is 5.73. The highest BCUT2D eigenvalue weighted by atomic mass is 32.1. The van der Waals surface area contributed by atoms with Gasteiger partial charge in [0.2, 0.25) is 0 Å². The van der Waals surface area contributed by atoms with E-state index in [1.807, 2.05) is 17.9 Å². The maximum atomic E-state index is 13.5. The third kappa shape index (κ3) is 5.41. The minimum atomic E-state index is -0.375. The van der Waals surface area contributed by atoms with Gasteiger partial charge in [-0.1, -0.05) is 0 Å². The molecule has 2 aliphatic rings. The van der Waals surface area contributed by atoms with Crippen molar-refractivity contribution >= 4 is 29.0 Å². The van der Waals surface area contributed by atoms with Gasteiger partial charge in [0.15, 0.2) is 5.01 Å². The Hall–Kier alpha value is -2.52. The fourth-order valence-electron chi connectivity index (χ4n) is 4.70. The molecule has 0 spiro atoms. The maximum absolute atomic E-state index is 13.5. The van der Waals surface area contributed by atoms with Crippen molar-refractivity contribution in [3.63, 3.8) is 0 Å². The van der Waals surface area contributed by atoms with Gasteiger partial charge in [-0.3, -0.25) is 9.59 Å². The van der Waals surface area contributed by atoms with Gasteiger partial charge in [0.05, 0.1) is 11.0 Å². The van der Waals surface area contributed by atoms with Crippen molar-refractivity contribution in [1.29, 1.82) is 0 Å². The molecule has 0 radical (unpaired) electrons. The number of aliphatic hydroxyl groups is 1. The minimum absolute atomic E-state index is 0.0706. The first kappa shape index (κ1) is 24.6. The van der Waals surface area contributed by atoms with Crippen molar-refractivity contribution in [2.24, 2.45) is 0 Å². The van der Waals surface area contributed by atoms with E-state index in [4.69, 9.17) is 0 Å². The summed E-state index contributed by atoms with van der Waals surface area (Å²) in [6, 6.07) is 2.04. The lowest BCUT2D eigenvalue weighted by Crippen LogP contribution is -2.35. The van der Waals surface area contributed by atoms with E-state index < -0.39 is 0 Å². The lowest BCUT2D eigenvalue weighted by Gasteiger charge is -2.22. The van der Waals surface area contributed by atoms with E-state index in [2.05, 4.69) is 48.3 Å². The standard InChI is InChI=1S/C25H35N5O3S/c1-14-11-19(29-25(3,4)5)26-13-18(14)21-20(24(33)30-10-6-7-15(30)2)28-23(34-21)22(32)27-16-8-9-17(31)12-16/h11,13,15-17,31H,6-10,12H2,1-5H3,(H,26,29)(H,27,32)/t15-,16-,17+/m0/s1. The molecule has 8 nitrogen and oxygen atoms in total. The summed E-state index contributed by atoms with van der Waals surface area (Å²) >= 11 is 1.23. The van der Waals surface area contributed by atoms with E-state index in [9.17, 15) is 14.7 Å². The van der Waals surface area contributed by atoms with Crippen molar-refractivity contribution in [3.8, 4) is 10.4 Å². The molecule has 3 heterocycles. The molecule has 1 aliphatic heterocycles. The Morgan fingerprint density at radius 3 is 2.59 bits per heavy atom. The highest BCUT2D eigenvalue weighted by molar-refractivity contribution is 7.17. The third-order valence-electron chi connectivity index (χ3n) is 6.44. The first-order valence-corrected chi connectivity index (χ1v) is 12.9. The molecule has 0 bridgehead atoms. The van der Waals surface area contributed by atoms with Gasteiger partial charge in [0.1, 0.15) is 11.5 Å².